The van der Waals surface area contributed by atoms with Gasteiger partial charge in [-0.15, -0.1) is 0 Å². The van der Waals surface area contributed by atoms with Gasteiger partial charge in [-0.1, -0.05) is 36.2 Å². The fourth-order valence-electron chi connectivity index (χ4n) is 2.41. The summed E-state index contributed by atoms with van der Waals surface area (Å²) in [4.78, 5) is 12.2. The number of benzene rings is 1. The van der Waals surface area contributed by atoms with Crippen LogP contribution in [-0.2, 0) is 4.79 Å². The molecular weight excluding hydrogens is 283 g/mol. The Kier molecular flexibility index (Phi) is 4.71. The van der Waals surface area contributed by atoms with Crippen molar-refractivity contribution in [2.45, 2.75) is 19.9 Å². The highest BCUT2D eigenvalue weighted by molar-refractivity contribution is 6.35. The van der Waals surface area contributed by atoms with E-state index in [1.165, 1.54) is 0 Å². The molecule has 0 aliphatic carbocycles. The van der Waals surface area contributed by atoms with E-state index in [-0.39, 0.29) is 17.9 Å². The first-order chi connectivity index (χ1) is 8.99. The van der Waals surface area contributed by atoms with Crippen LogP contribution in [0.5, 0.6) is 0 Å². The van der Waals surface area contributed by atoms with Gasteiger partial charge in [0.15, 0.2) is 0 Å². The number of rotatable bonds is 3. The second-order valence-electron chi connectivity index (χ2n) is 5.14. The summed E-state index contributed by atoms with van der Waals surface area (Å²) in [6.45, 7) is 5.66. The molecule has 1 aromatic rings. The van der Waals surface area contributed by atoms with Gasteiger partial charge in [-0.25, -0.2) is 0 Å². The van der Waals surface area contributed by atoms with Crippen molar-refractivity contribution in [1.82, 2.24) is 10.6 Å². The van der Waals surface area contributed by atoms with Crippen LogP contribution in [0.3, 0.4) is 0 Å². The minimum Gasteiger partial charge on any atom is -0.349 e. The van der Waals surface area contributed by atoms with Crippen LogP contribution in [0.1, 0.15) is 25.5 Å². The maximum atomic E-state index is 12.2. The molecule has 0 radical (unpaired) electrons. The predicted octanol–water partition coefficient (Wildman–Crippen LogP) is 3.03. The Morgan fingerprint density at radius 3 is 2.74 bits per heavy atom. The lowest BCUT2D eigenvalue weighted by Gasteiger charge is -2.20. The number of hydrogen-bond donors (Lipinski definition) is 2. The Bertz CT molecular complexity index is 479. The van der Waals surface area contributed by atoms with Gasteiger partial charge in [0.1, 0.15) is 0 Å². The minimum absolute atomic E-state index is 0.0357. The molecule has 0 bridgehead atoms. The first-order valence-corrected chi connectivity index (χ1v) is 7.20. The summed E-state index contributed by atoms with van der Waals surface area (Å²) in [7, 11) is 0. The van der Waals surface area contributed by atoms with Crippen molar-refractivity contribution in [3.63, 3.8) is 0 Å². The normalized spacial score (nSPS) is 24.2. The van der Waals surface area contributed by atoms with Gasteiger partial charge in [-0.05, 0) is 37.1 Å². The molecule has 5 heteroatoms. The van der Waals surface area contributed by atoms with Gasteiger partial charge in [0.05, 0.1) is 12.0 Å². The van der Waals surface area contributed by atoms with Gasteiger partial charge >= 0.3 is 0 Å². The zero-order valence-electron chi connectivity index (χ0n) is 11.0. The van der Waals surface area contributed by atoms with Crippen LogP contribution in [0, 0.1) is 11.8 Å². The van der Waals surface area contributed by atoms with Crippen molar-refractivity contribution >= 4 is 29.1 Å². The number of halogens is 2. The van der Waals surface area contributed by atoms with Crippen molar-refractivity contribution in [1.29, 1.82) is 0 Å². The zero-order chi connectivity index (χ0) is 14.0. The largest absolute Gasteiger partial charge is 0.349 e. The number of hydrogen-bond acceptors (Lipinski definition) is 2. The number of carbonyl (C=O) groups excluding carboxylic acids is 1. The monoisotopic (exact) mass is 300 g/mol. The van der Waals surface area contributed by atoms with Crippen LogP contribution in [0.2, 0.25) is 10.0 Å². The SMILES string of the molecule is CC(NC(=O)C1CNCC1C)c1ccc(Cl)cc1Cl. The average Bonchev–Trinajstić information content (AvgIpc) is 2.75. The molecule has 0 aromatic heterocycles. The standard InChI is InChI=1S/C14H18Cl2N2O/c1-8-6-17-7-12(8)14(19)18-9(2)11-4-3-10(15)5-13(11)16/h3-5,8-9,12,17H,6-7H2,1-2H3,(H,18,19). The molecule has 1 saturated heterocycles. The maximum absolute atomic E-state index is 12.2. The third kappa shape index (κ3) is 3.41. The predicted molar refractivity (Wildman–Crippen MR) is 78.5 cm³/mol. The highest BCUT2D eigenvalue weighted by Crippen LogP contribution is 2.27. The molecular formula is C14H18Cl2N2O. The van der Waals surface area contributed by atoms with Gasteiger partial charge in [0.25, 0.3) is 0 Å². The van der Waals surface area contributed by atoms with E-state index >= 15 is 0 Å². The smallest absolute Gasteiger partial charge is 0.225 e. The van der Waals surface area contributed by atoms with E-state index in [1.807, 2.05) is 13.0 Å². The van der Waals surface area contributed by atoms with Crippen LogP contribution in [-0.4, -0.2) is 19.0 Å². The molecule has 1 aromatic carbocycles. The number of amides is 1. The number of carbonyl (C=O) groups is 1. The summed E-state index contributed by atoms with van der Waals surface area (Å²) >= 11 is 12.0. The highest BCUT2D eigenvalue weighted by atomic mass is 35.5. The van der Waals surface area contributed by atoms with E-state index in [0.29, 0.717) is 16.0 Å². The van der Waals surface area contributed by atoms with Gasteiger partial charge in [0.2, 0.25) is 5.91 Å². The van der Waals surface area contributed by atoms with Gasteiger partial charge in [-0.2, -0.15) is 0 Å². The molecule has 1 aliphatic heterocycles. The van der Waals surface area contributed by atoms with Gasteiger partial charge in [-0.3, -0.25) is 4.79 Å². The molecule has 1 amide bonds. The lowest BCUT2D eigenvalue weighted by atomic mass is 9.96. The van der Waals surface area contributed by atoms with Crippen molar-refractivity contribution in [3.8, 4) is 0 Å². The summed E-state index contributed by atoms with van der Waals surface area (Å²) in [6, 6.07) is 5.21. The quantitative estimate of drug-likeness (QED) is 0.901. The second-order valence-corrected chi connectivity index (χ2v) is 5.98. The minimum atomic E-state index is -0.120. The molecule has 0 spiro atoms. The zero-order valence-corrected chi connectivity index (χ0v) is 12.6. The molecule has 3 nitrogen and oxygen atoms in total. The summed E-state index contributed by atoms with van der Waals surface area (Å²) in [5.74, 6) is 0.484. The second kappa shape index (κ2) is 6.12. The van der Waals surface area contributed by atoms with Crippen LogP contribution < -0.4 is 10.6 Å². The Morgan fingerprint density at radius 1 is 1.42 bits per heavy atom. The van der Waals surface area contributed by atoms with Gasteiger partial charge in [0, 0.05) is 16.6 Å². The van der Waals surface area contributed by atoms with E-state index in [0.717, 1.165) is 18.7 Å². The average molecular weight is 301 g/mol. The Balaban J connectivity index is 2.04. The van der Waals surface area contributed by atoms with E-state index in [9.17, 15) is 4.79 Å². The fourth-order valence-corrected chi connectivity index (χ4v) is 2.98. The van der Waals surface area contributed by atoms with Gasteiger partial charge < -0.3 is 10.6 Å². The third-order valence-corrected chi connectivity index (χ3v) is 4.20. The Morgan fingerprint density at radius 2 is 2.16 bits per heavy atom. The molecule has 0 saturated carbocycles. The third-order valence-electron chi connectivity index (χ3n) is 3.64. The molecule has 3 atom stereocenters. The fraction of sp³-hybridized carbons (Fsp3) is 0.500. The van der Waals surface area contributed by atoms with Crippen molar-refractivity contribution in [3.05, 3.63) is 33.8 Å². The van der Waals surface area contributed by atoms with Crippen LogP contribution >= 0.6 is 23.2 Å². The lowest BCUT2D eigenvalue weighted by Crippen LogP contribution is -2.36. The molecule has 1 aliphatic rings. The first kappa shape index (κ1) is 14.6. The van der Waals surface area contributed by atoms with E-state index in [1.54, 1.807) is 12.1 Å². The van der Waals surface area contributed by atoms with Crippen molar-refractivity contribution in [2.75, 3.05) is 13.1 Å². The lowest BCUT2D eigenvalue weighted by molar-refractivity contribution is -0.126. The molecule has 104 valence electrons. The molecule has 2 rings (SSSR count). The first-order valence-electron chi connectivity index (χ1n) is 6.45. The summed E-state index contributed by atoms with van der Waals surface area (Å²) < 4.78 is 0. The molecule has 19 heavy (non-hydrogen) atoms. The Hall–Kier alpha value is -0.770. The molecule has 1 fully saturated rings. The molecule has 3 unspecified atom stereocenters. The van der Waals surface area contributed by atoms with E-state index < -0.39 is 0 Å². The molecule has 2 N–H and O–H groups in total. The summed E-state index contributed by atoms with van der Waals surface area (Å²) in [5.41, 5.74) is 0.887. The topological polar surface area (TPSA) is 41.1 Å². The Labute approximate surface area is 123 Å². The summed E-state index contributed by atoms with van der Waals surface area (Å²) in [5, 5.41) is 7.43. The molecule has 1 heterocycles. The van der Waals surface area contributed by atoms with Crippen molar-refractivity contribution in [2.24, 2.45) is 11.8 Å². The van der Waals surface area contributed by atoms with Crippen molar-refractivity contribution < 1.29 is 4.79 Å². The van der Waals surface area contributed by atoms with Crippen LogP contribution in [0.25, 0.3) is 0 Å². The highest BCUT2D eigenvalue weighted by Gasteiger charge is 2.30. The van der Waals surface area contributed by atoms with Crippen LogP contribution in [0.4, 0.5) is 0 Å². The van der Waals surface area contributed by atoms with Crippen LogP contribution in [0.15, 0.2) is 18.2 Å². The summed E-state index contributed by atoms with van der Waals surface area (Å²) in [6.07, 6.45) is 0. The number of nitrogens with one attached hydrogen (secondary N) is 2. The maximum Gasteiger partial charge on any atom is 0.225 e. The van der Waals surface area contributed by atoms with E-state index in [2.05, 4.69) is 17.6 Å². The van der Waals surface area contributed by atoms with E-state index in [4.69, 9.17) is 23.2 Å².